The number of amides is 1. The van der Waals surface area contributed by atoms with E-state index in [1.165, 1.54) is 8.97 Å². The summed E-state index contributed by atoms with van der Waals surface area (Å²) in [5.41, 5.74) is 2.55. The Morgan fingerprint density at radius 1 is 0.619 bits per heavy atom. The molecule has 3 heterocycles. The van der Waals surface area contributed by atoms with Crippen molar-refractivity contribution in [2.45, 2.75) is 32.2 Å². The lowest BCUT2D eigenvalue weighted by atomic mass is 10.0. The summed E-state index contributed by atoms with van der Waals surface area (Å²) in [5.74, 6) is -0.222. The Morgan fingerprint density at radius 3 is 1.87 bits per heavy atom. The molecule has 0 saturated heterocycles. The molecule has 0 spiro atoms. The van der Waals surface area contributed by atoms with Crippen molar-refractivity contribution < 1.29 is 4.79 Å². The zero-order chi connectivity index (χ0) is 42.5. The van der Waals surface area contributed by atoms with E-state index >= 15 is 0 Å². The van der Waals surface area contributed by atoms with Gasteiger partial charge >= 0.3 is 5.69 Å². The van der Waals surface area contributed by atoms with Crippen molar-refractivity contribution in [2.24, 2.45) is 0 Å². The van der Waals surface area contributed by atoms with Crippen LogP contribution in [0.25, 0.3) is 49.0 Å². The molecule has 3 aromatic heterocycles. The number of anilines is 2. The molecule has 63 heavy (non-hydrogen) atoms. The summed E-state index contributed by atoms with van der Waals surface area (Å²) in [6, 6.07) is 21.5. The van der Waals surface area contributed by atoms with Crippen LogP contribution in [-0.2, 0) is 6.54 Å². The lowest BCUT2D eigenvalue weighted by Gasteiger charge is -2.19. The quantitative estimate of drug-likeness (QED) is 0.0452. The first-order valence-corrected chi connectivity index (χ1v) is 20.7. The van der Waals surface area contributed by atoms with E-state index in [9.17, 15) is 24.0 Å². The minimum Gasteiger partial charge on any atom is -0.384 e. The molecule has 4 N–H and O–H groups in total. The Labute approximate surface area is 384 Å². The van der Waals surface area contributed by atoms with Crippen molar-refractivity contribution in [1.29, 1.82) is 0 Å². The van der Waals surface area contributed by atoms with Crippen molar-refractivity contribution in [1.82, 2.24) is 34.0 Å². The van der Waals surface area contributed by atoms with Crippen molar-refractivity contribution >= 4 is 104 Å². The highest BCUT2D eigenvalue weighted by Gasteiger charge is 2.21. The van der Waals surface area contributed by atoms with E-state index in [-0.39, 0.29) is 66.1 Å². The number of para-hydroxylation sites is 2. The van der Waals surface area contributed by atoms with Crippen LogP contribution < -0.4 is 38.1 Å². The maximum Gasteiger partial charge on any atom is 0.336 e. The third-order valence-electron chi connectivity index (χ3n) is 11.1. The second-order valence-corrected chi connectivity index (χ2v) is 16.1. The Bertz CT molecular complexity index is 2940. The van der Waals surface area contributed by atoms with Gasteiger partial charge in [-0.3, -0.25) is 28.1 Å². The fourth-order valence-corrected chi connectivity index (χ4v) is 8.10. The fourth-order valence-electron chi connectivity index (χ4n) is 8.10. The Kier molecular flexibility index (Phi) is 17.9. The zero-order valence-corrected chi connectivity index (χ0v) is 38.9. The summed E-state index contributed by atoms with van der Waals surface area (Å²) in [7, 11) is 9.95. The molecule has 0 saturated carbocycles. The van der Waals surface area contributed by atoms with Crippen LogP contribution in [-0.4, -0.2) is 116 Å². The van der Waals surface area contributed by atoms with Crippen LogP contribution >= 0.6 is 37.2 Å². The lowest BCUT2D eigenvalue weighted by Crippen LogP contribution is -2.39. The molecule has 0 radical (unpaired) electrons. The van der Waals surface area contributed by atoms with Gasteiger partial charge in [-0.1, -0.05) is 24.3 Å². The van der Waals surface area contributed by atoms with Gasteiger partial charge in [0.15, 0.2) is 10.9 Å². The van der Waals surface area contributed by atoms with Gasteiger partial charge in [-0.15, -0.1) is 37.2 Å². The van der Waals surface area contributed by atoms with Gasteiger partial charge in [0.05, 0.1) is 38.3 Å². The molecule has 0 unspecified atom stereocenters. The molecule has 14 nitrogen and oxygen atoms in total. The number of aromatic nitrogens is 3. The molecule has 0 bridgehead atoms. The highest BCUT2D eigenvalue weighted by Crippen LogP contribution is 2.28. The molecular weight excluding hydrogens is 865 g/mol. The van der Waals surface area contributed by atoms with Gasteiger partial charge in [0.25, 0.3) is 11.5 Å². The molecule has 0 atom stereocenters. The van der Waals surface area contributed by atoms with Gasteiger partial charge in [0, 0.05) is 53.8 Å². The molecule has 338 valence electrons. The summed E-state index contributed by atoms with van der Waals surface area (Å²) in [6.45, 7) is 5.15. The van der Waals surface area contributed by atoms with E-state index in [0.717, 1.165) is 45.4 Å². The monoisotopic (exact) mass is 921 g/mol. The first-order valence-electron chi connectivity index (χ1n) is 20.7. The SMILES string of the molecule is CN(C)CCCNC(=O)c1ccc(NCCCN(C)CCCNc2ccc3c(=O)n(CCCN(C)C)c(=O)n4c5ccccc5c(=O)c2c34)c2c(=O)c3ccccc3[nH]c12.Cl.Cl.Cl. The Balaban J connectivity index is 0.00000290. The van der Waals surface area contributed by atoms with Crippen molar-refractivity contribution in [2.75, 3.05) is 91.7 Å². The Morgan fingerprint density at radius 2 is 1.19 bits per heavy atom. The van der Waals surface area contributed by atoms with Crippen molar-refractivity contribution in [3.8, 4) is 0 Å². The third kappa shape index (κ3) is 10.8. The molecule has 0 aliphatic rings. The minimum atomic E-state index is -0.444. The van der Waals surface area contributed by atoms with E-state index in [2.05, 4.69) is 37.8 Å². The second-order valence-electron chi connectivity index (χ2n) is 16.1. The largest absolute Gasteiger partial charge is 0.384 e. The zero-order valence-electron chi connectivity index (χ0n) is 36.4. The topological polar surface area (TPSA) is 156 Å². The van der Waals surface area contributed by atoms with E-state index in [1.54, 1.807) is 48.5 Å². The molecule has 7 rings (SSSR count). The molecule has 7 aromatic rings. The smallest absolute Gasteiger partial charge is 0.336 e. The summed E-state index contributed by atoms with van der Waals surface area (Å²) >= 11 is 0. The number of aromatic amines is 1. The fraction of sp³-hybridized carbons (Fsp3) is 0.370. The lowest BCUT2D eigenvalue weighted by molar-refractivity contribution is 0.0954. The average molecular weight is 923 g/mol. The van der Waals surface area contributed by atoms with Crippen LogP contribution in [0.3, 0.4) is 0 Å². The van der Waals surface area contributed by atoms with Crippen LogP contribution in [0.5, 0.6) is 0 Å². The Hall–Kier alpha value is -5.22. The summed E-state index contributed by atoms with van der Waals surface area (Å²) < 4.78 is 2.82. The second kappa shape index (κ2) is 22.4. The van der Waals surface area contributed by atoms with Crippen LogP contribution in [0, 0.1) is 0 Å². The normalized spacial score (nSPS) is 11.4. The average Bonchev–Trinajstić information content (AvgIpc) is 3.23. The van der Waals surface area contributed by atoms with Crippen LogP contribution in [0.4, 0.5) is 11.4 Å². The van der Waals surface area contributed by atoms with Gasteiger partial charge in [0.1, 0.15) is 0 Å². The van der Waals surface area contributed by atoms with Gasteiger partial charge < -0.3 is 35.6 Å². The number of hydrogen-bond acceptors (Lipinski definition) is 10. The molecule has 0 aliphatic carbocycles. The number of fused-ring (bicyclic) bond motifs is 4. The first-order chi connectivity index (χ1) is 29.0. The van der Waals surface area contributed by atoms with Gasteiger partial charge in [-0.2, -0.15) is 0 Å². The van der Waals surface area contributed by atoms with Crippen molar-refractivity contribution in [3.05, 3.63) is 120 Å². The van der Waals surface area contributed by atoms with Gasteiger partial charge in [-0.05, 0) is 136 Å². The van der Waals surface area contributed by atoms with Gasteiger partial charge in [-0.25, -0.2) is 4.79 Å². The number of carbonyl (C=O) groups excluding carboxylic acids is 1. The van der Waals surface area contributed by atoms with Crippen LogP contribution in [0.15, 0.2) is 92.0 Å². The maximum absolute atomic E-state index is 14.0. The molecule has 17 heteroatoms. The van der Waals surface area contributed by atoms with Crippen LogP contribution in [0.1, 0.15) is 36.0 Å². The number of nitrogens with one attached hydrogen (secondary N) is 4. The molecule has 0 aliphatic heterocycles. The molecular formula is C46H58Cl3N9O5. The minimum absolute atomic E-state index is 0. The summed E-state index contributed by atoms with van der Waals surface area (Å²) in [4.78, 5) is 78.5. The molecule has 0 fully saturated rings. The number of nitrogens with zero attached hydrogens (tertiary/aromatic N) is 5. The number of benzene rings is 4. The number of halogens is 3. The number of pyridine rings is 2. The molecule has 1 amide bonds. The van der Waals surface area contributed by atoms with E-state index in [0.29, 0.717) is 92.0 Å². The van der Waals surface area contributed by atoms with E-state index < -0.39 is 5.69 Å². The van der Waals surface area contributed by atoms with Crippen LogP contribution in [0.2, 0.25) is 0 Å². The van der Waals surface area contributed by atoms with Gasteiger partial charge in [0.2, 0.25) is 0 Å². The standard InChI is InChI=1S/C46H55N9O5.3ClH/c1-51(2)25-10-24-49-44(58)32-18-20-35(38-40(32)50-34-16-8-6-14-30(34)42(38)56)47-22-11-27-53(5)28-12-23-48-36-21-19-33-41-39(36)43(57)31-15-7-9-17-37(31)55(41)46(60)54(45(33)59)29-13-26-52(3)4;;;/h6-9,14-21,47-48H,10-13,22-29H2,1-5H3,(H,49,58)(H,50,56);3*1H. The molecule has 4 aromatic carbocycles. The third-order valence-corrected chi connectivity index (χ3v) is 11.1. The number of rotatable bonds is 19. The van der Waals surface area contributed by atoms with E-state index in [4.69, 9.17) is 0 Å². The van der Waals surface area contributed by atoms with E-state index in [1.807, 2.05) is 57.4 Å². The predicted molar refractivity (Wildman–Crippen MR) is 267 cm³/mol. The highest BCUT2D eigenvalue weighted by atomic mass is 35.5. The number of hydrogen-bond donors (Lipinski definition) is 4. The predicted octanol–water partition coefficient (Wildman–Crippen LogP) is 5.69. The number of carbonyl (C=O) groups is 1. The summed E-state index contributed by atoms with van der Waals surface area (Å²) in [6.07, 6.45) is 3.03. The van der Waals surface area contributed by atoms with Crippen molar-refractivity contribution in [3.63, 3.8) is 0 Å². The first kappa shape index (κ1) is 50.4. The maximum atomic E-state index is 14.0. The highest BCUT2D eigenvalue weighted by molar-refractivity contribution is 6.11. The number of H-pyrrole nitrogens is 1. The summed E-state index contributed by atoms with van der Waals surface area (Å²) in [5, 5.41) is 12.0.